The van der Waals surface area contributed by atoms with Gasteiger partial charge in [-0.15, -0.1) is 0 Å². The third kappa shape index (κ3) is 14.0. The molecule has 2 unspecified atom stereocenters. The Hall–Kier alpha value is -2.70. The Bertz CT molecular complexity index is 964. The summed E-state index contributed by atoms with van der Waals surface area (Å²) in [5, 5.41) is 13.8. The van der Waals surface area contributed by atoms with Gasteiger partial charge in [-0.05, 0) is 59.8 Å². The number of aromatic amines is 1. The van der Waals surface area contributed by atoms with Gasteiger partial charge in [0.25, 0.3) is 5.56 Å². The first-order valence-electron chi connectivity index (χ1n) is 12.6. The minimum atomic E-state index is -0.560. The predicted octanol–water partition coefficient (Wildman–Crippen LogP) is 1.68. The van der Waals surface area contributed by atoms with Gasteiger partial charge >= 0.3 is 11.8 Å². The van der Waals surface area contributed by atoms with Crippen LogP contribution >= 0.6 is 0 Å². The summed E-state index contributed by atoms with van der Waals surface area (Å²) in [6.07, 6.45) is 2.66. The van der Waals surface area contributed by atoms with Crippen molar-refractivity contribution in [3.05, 3.63) is 33.1 Å². The zero-order valence-corrected chi connectivity index (χ0v) is 23.1. The molecule has 0 radical (unpaired) electrons. The van der Waals surface area contributed by atoms with Crippen LogP contribution in [0.2, 0.25) is 0 Å². The maximum Gasteiger partial charge on any atom is 0.407 e. The van der Waals surface area contributed by atoms with Crippen LogP contribution in [-0.4, -0.2) is 70.3 Å². The third-order valence-corrected chi connectivity index (χ3v) is 5.16. The SMILES string of the molecule is CC(C)CCOC(C)(C)CNC(=O)OC(C)(C)C.O=C(CO)NCC1CCC(n2ccc(=O)[nH]c2=O)O1. The molecule has 2 rings (SSSR count). The van der Waals surface area contributed by atoms with Crippen LogP contribution in [0.1, 0.15) is 74.0 Å². The topological polar surface area (TPSA) is 161 Å². The lowest BCUT2D eigenvalue weighted by Crippen LogP contribution is -2.42. The van der Waals surface area contributed by atoms with E-state index in [1.54, 1.807) is 0 Å². The Kier molecular flexibility index (Phi) is 13.0. The molecular formula is C25H44N4O8. The van der Waals surface area contributed by atoms with Gasteiger partial charge in [-0.2, -0.15) is 0 Å². The molecule has 0 aliphatic carbocycles. The number of amides is 2. The minimum Gasteiger partial charge on any atom is -0.444 e. The maximum atomic E-state index is 11.6. The van der Waals surface area contributed by atoms with Crippen molar-refractivity contribution >= 4 is 12.0 Å². The van der Waals surface area contributed by atoms with Crippen molar-refractivity contribution in [3.8, 4) is 0 Å². The molecule has 1 aromatic heterocycles. The molecular weight excluding hydrogens is 484 g/mol. The first-order chi connectivity index (χ1) is 17.1. The number of H-pyrrole nitrogens is 1. The van der Waals surface area contributed by atoms with E-state index >= 15 is 0 Å². The molecule has 2 amide bonds. The number of hydrogen-bond acceptors (Lipinski definition) is 8. The molecule has 1 fully saturated rings. The number of nitrogens with zero attached hydrogens (tertiary/aromatic N) is 1. The average Bonchev–Trinajstić information content (AvgIpc) is 3.24. The number of carbonyl (C=O) groups excluding carboxylic acids is 2. The summed E-state index contributed by atoms with van der Waals surface area (Å²) in [7, 11) is 0. The normalized spacial score (nSPS) is 17.6. The monoisotopic (exact) mass is 528 g/mol. The Morgan fingerprint density at radius 1 is 1.19 bits per heavy atom. The number of aliphatic hydroxyl groups is 1. The summed E-state index contributed by atoms with van der Waals surface area (Å²) in [4.78, 5) is 47.1. The Balaban J connectivity index is 0.000000371. The first-order valence-corrected chi connectivity index (χ1v) is 12.6. The zero-order chi connectivity index (χ0) is 28.2. The van der Waals surface area contributed by atoms with Gasteiger partial charge in [-0.1, -0.05) is 13.8 Å². The molecule has 2 heterocycles. The van der Waals surface area contributed by atoms with Crippen LogP contribution in [0.5, 0.6) is 0 Å². The molecule has 12 heteroatoms. The van der Waals surface area contributed by atoms with E-state index in [9.17, 15) is 19.2 Å². The molecule has 1 saturated heterocycles. The number of ether oxygens (including phenoxy) is 3. The molecule has 0 aromatic carbocycles. The van der Waals surface area contributed by atoms with E-state index in [2.05, 4.69) is 29.5 Å². The number of carbonyl (C=O) groups is 2. The number of alkyl carbamates (subject to hydrolysis) is 1. The molecule has 4 N–H and O–H groups in total. The van der Waals surface area contributed by atoms with Gasteiger partial charge in [0.05, 0.1) is 11.7 Å². The van der Waals surface area contributed by atoms with Crippen LogP contribution in [0, 0.1) is 5.92 Å². The first kappa shape index (κ1) is 32.3. The molecule has 0 bridgehead atoms. The quantitative estimate of drug-likeness (QED) is 0.357. The highest BCUT2D eigenvalue weighted by atomic mass is 16.6. The number of rotatable bonds is 10. The lowest BCUT2D eigenvalue weighted by atomic mass is 10.1. The summed E-state index contributed by atoms with van der Waals surface area (Å²) < 4.78 is 17.8. The van der Waals surface area contributed by atoms with E-state index in [0.717, 1.165) is 6.42 Å². The van der Waals surface area contributed by atoms with Crippen LogP contribution in [0.4, 0.5) is 4.79 Å². The molecule has 0 spiro atoms. The molecule has 12 nitrogen and oxygen atoms in total. The Morgan fingerprint density at radius 3 is 2.43 bits per heavy atom. The lowest BCUT2D eigenvalue weighted by Gasteiger charge is -2.27. The Labute approximate surface area is 218 Å². The summed E-state index contributed by atoms with van der Waals surface area (Å²) in [5.41, 5.74) is -1.80. The molecule has 2 atom stereocenters. The van der Waals surface area contributed by atoms with Crippen molar-refractivity contribution in [2.24, 2.45) is 5.92 Å². The van der Waals surface area contributed by atoms with Gasteiger partial charge in [0.1, 0.15) is 18.4 Å². The van der Waals surface area contributed by atoms with Crippen molar-refractivity contribution in [2.45, 2.75) is 91.3 Å². The van der Waals surface area contributed by atoms with E-state index in [0.29, 0.717) is 31.9 Å². The van der Waals surface area contributed by atoms with E-state index in [-0.39, 0.29) is 18.2 Å². The number of hydrogen-bond donors (Lipinski definition) is 4. The van der Waals surface area contributed by atoms with Gasteiger partial charge in [-0.3, -0.25) is 19.1 Å². The standard InChI is InChI=1S/C14H29NO3.C11H15N3O5/c1-11(2)8-9-17-14(6,7)10-15-12(16)18-13(3,4)5;15-6-9(17)12-5-7-1-2-10(19-7)14-4-3-8(16)13-11(14)18/h11H,8-10H2,1-7H3,(H,15,16);3-4,7,10,15H,1-2,5-6H2,(H,12,17)(H,13,16,18). The second kappa shape index (κ2) is 14.9. The summed E-state index contributed by atoms with van der Waals surface area (Å²) >= 11 is 0. The van der Waals surface area contributed by atoms with Crippen molar-refractivity contribution in [3.63, 3.8) is 0 Å². The summed E-state index contributed by atoms with van der Waals surface area (Å²) in [5.74, 6) is 0.160. The fourth-order valence-corrected chi connectivity index (χ4v) is 3.20. The van der Waals surface area contributed by atoms with Crippen LogP contribution in [-0.2, 0) is 19.0 Å². The maximum absolute atomic E-state index is 11.6. The van der Waals surface area contributed by atoms with E-state index in [4.69, 9.17) is 19.3 Å². The average molecular weight is 529 g/mol. The number of aliphatic hydroxyl groups excluding tert-OH is 1. The molecule has 37 heavy (non-hydrogen) atoms. The van der Waals surface area contributed by atoms with E-state index in [1.807, 2.05) is 34.6 Å². The largest absolute Gasteiger partial charge is 0.444 e. The highest BCUT2D eigenvalue weighted by Gasteiger charge is 2.27. The van der Waals surface area contributed by atoms with Gasteiger partial charge in [0.2, 0.25) is 5.91 Å². The fourth-order valence-electron chi connectivity index (χ4n) is 3.20. The van der Waals surface area contributed by atoms with Crippen molar-refractivity contribution in [2.75, 3.05) is 26.3 Å². The molecule has 1 aliphatic rings. The van der Waals surface area contributed by atoms with Gasteiger partial charge in [0.15, 0.2) is 0 Å². The van der Waals surface area contributed by atoms with Crippen LogP contribution in [0.3, 0.4) is 0 Å². The smallest absolute Gasteiger partial charge is 0.407 e. The highest BCUT2D eigenvalue weighted by Crippen LogP contribution is 2.26. The zero-order valence-electron chi connectivity index (χ0n) is 23.1. The second-order valence-corrected chi connectivity index (χ2v) is 10.9. The fraction of sp³-hybridized carbons (Fsp3) is 0.760. The van der Waals surface area contributed by atoms with Crippen LogP contribution in [0.25, 0.3) is 0 Å². The Morgan fingerprint density at radius 2 is 1.86 bits per heavy atom. The third-order valence-electron chi connectivity index (χ3n) is 5.16. The van der Waals surface area contributed by atoms with E-state index in [1.165, 1.54) is 16.8 Å². The lowest BCUT2D eigenvalue weighted by molar-refractivity contribution is -0.124. The van der Waals surface area contributed by atoms with Crippen LogP contribution in [0.15, 0.2) is 21.9 Å². The minimum absolute atomic E-state index is 0.209. The summed E-state index contributed by atoms with van der Waals surface area (Å²) in [6.45, 7) is 14.7. The van der Waals surface area contributed by atoms with Gasteiger partial charge < -0.3 is 30.0 Å². The van der Waals surface area contributed by atoms with Crippen LogP contribution < -0.4 is 21.9 Å². The molecule has 0 saturated carbocycles. The number of nitrogens with one attached hydrogen (secondary N) is 3. The molecule has 1 aromatic rings. The van der Waals surface area contributed by atoms with Crippen molar-refractivity contribution in [1.29, 1.82) is 0 Å². The van der Waals surface area contributed by atoms with Gasteiger partial charge in [-0.25, -0.2) is 9.59 Å². The second-order valence-electron chi connectivity index (χ2n) is 10.9. The summed E-state index contributed by atoms with van der Waals surface area (Å²) in [6, 6.07) is 1.26. The van der Waals surface area contributed by atoms with Crippen molar-refractivity contribution < 1.29 is 28.9 Å². The van der Waals surface area contributed by atoms with Crippen molar-refractivity contribution in [1.82, 2.24) is 20.2 Å². The predicted molar refractivity (Wildman–Crippen MR) is 138 cm³/mol. The van der Waals surface area contributed by atoms with Gasteiger partial charge in [0, 0.05) is 32.0 Å². The molecule has 212 valence electrons. The number of aromatic nitrogens is 2. The highest BCUT2D eigenvalue weighted by molar-refractivity contribution is 5.76. The molecule has 1 aliphatic heterocycles. The van der Waals surface area contributed by atoms with E-state index < -0.39 is 41.7 Å².